The number of aromatic nitrogens is 4. The fourth-order valence-electron chi connectivity index (χ4n) is 2.84. The number of benzene rings is 1. The van der Waals surface area contributed by atoms with Crippen molar-refractivity contribution in [3.63, 3.8) is 0 Å². The van der Waals surface area contributed by atoms with Crippen LogP contribution in [0.5, 0.6) is 5.75 Å². The predicted octanol–water partition coefficient (Wildman–Crippen LogP) is 2.11. The average molecular weight is 368 g/mol. The molecule has 0 aliphatic rings. The van der Waals surface area contributed by atoms with Crippen molar-refractivity contribution in [2.75, 3.05) is 7.11 Å². The molecule has 1 aromatic carbocycles. The number of ketones is 1. The van der Waals surface area contributed by atoms with E-state index in [9.17, 15) is 9.59 Å². The largest absolute Gasteiger partial charge is 0.497 e. The van der Waals surface area contributed by atoms with Gasteiger partial charge in [0.05, 0.1) is 13.5 Å². The van der Waals surface area contributed by atoms with Gasteiger partial charge in [0.1, 0.15) is 12.1 Å². The smallest absolute Gasteiger partial charge is 0.311 e. The van der Waals surface area contributed by atoms with Crippen molar-refractivity contribution in [3.8, 4) is 5.75 Å². The fourth-order valence-corrected chi connectivity index (χ4v) is 2.84. The Morgan fingerprint density at radius 3 is 2.56 bits per heavy atom. The normalized spacial score (nSPS) is 12.0. The Labute approximate surface area is 156 Å². The van der Waals surface area contributed by atoms with E-state index >= 15 is 0 Å². The Morgan fingerprint density at radius 2 is 1.89 bits per heavy atom. The molecule has 2 heterocycles. The molecular weight excluding hydrogens is 348 g/mol. The topological polar surface area (TPSA) is 95.7 Å². The highest BCUT2D eigenvalue weighted by Crippen LogP contribution is 2.16. The van der Waals surface area contributed by atoms with Gasteiger partial charge in [-0.3, -0.25) is 9.59 Å². The van der Waals surface area contributed by atoms with Gasteiger partial charge in [-0.2, -0.15) is 10.1 Å². The number of methoxy groups -OCH3 is 1. The molecule has 8 nitrogen and oxygen atoms in total. The molecule has 1 atom stereocenters. The Morgan fingerprint density at radius 1 is 1.19 bits per heavy atom. The summed E-state index contributed by atoms with van der Waals surface area (Å²) in [5.41, 5.74) is 2.61. The van der Waals surface area contributed by atoms with Gasteiger partial charge in [0.25, 0.3) is 5.78 Å². The van der Waals surface area contributed by atoms with Gasteiger partial charge in [-0.25, -0.2) is 9.50 Å². The monoisotopic (exact) mass is 368 g/mol. The van der Waals surface area contributed by atoms with Crippen LogP contribution >= 0.6 is 0 Å². The van der Waals surface area contributed by atoms with Crippen molar-refractivity contribution in [1.29, 1.82) is 0 Å². The van der Waals surface area contributed by atoms with Crippen LogP contribution in [0.25, 0.3) is 5.78 Å². The molecule has 140 valence electrons. The molecule has 0 aliphatic carbocycles. The minimum atomic E-state index is -0.894. The number of hydrogen-bond donors (Lipinski definition) is 0. The zero-order chi connectivity index (χ0) is 19.6. The van der Waals surface area contributed by atoms with E-state index in [1.165, 1.54) is 6.33 Å². The van der Waals surface area contributed by atoms with Gasteiger partial charge in [-0.1, -0.05) is 0 Å². The molecule has 2 aromatic heterocycles. The number of Topliss-reactive ketones (excluding diaryl/α,β-unsaturated/α-hetero) is 1. The SMILES string of the molecule is COc1ccc(C(=O)[C@@H](C)OC(=O)Cc2c(C)nc3ncnn3c2C)cc1. The molecule has 27 heavy (non-hydrogen) atoms. The van der Waals surface area contributed by atoms with Gasteiger partial charge in [0.15, 0.2) is 6.10 Å². The van der Waals surface area contributed by atoms with Gasteiger partial charge < -0.3 is 9.47 Å². The predicted molar refractivity (Wildman–Crippen MR) is 96.8 cm³/mol. The molecule has 0 aliphatic heterocycles. The second-order valence-electron chi connectivity index (χ2n) is 6.13. The number of ether oxygens (including phenoxy) is 2. The molecular formula is C19H20N4O4. The van der Waals surface area contributed by atoms with E-state index in [1.807, 2.05) is 6.92 Å². The van der Waals surface area contributed by atoms with E-state index in [4.69, 9.17) is 9.47 Å². The minimum Gasteiger partial charge on any atom is -0.497 e. The van der Waals surface area contributed by atoms with Crippen molar-refractivity contribution in [3.05, 3.63) is 53.1 Å². The van der Waals surface area contributed by atoms with Crippen molar-refractivity contribution >= 4 is 17.5 Å². The second kappa shape index (κ2) is 7.53. The van der Waals surface area contributed by atoms with E-state index in [1.54, 1.807) is 49.7 Å². The summed E-state index contributed by atoms with van der Waals surface area (Å²) in [7, 11) is 1.55. The van der Waals surface area contributed by atoms with Gasteiger partial charge >= 0.3 is 5.97 Å². The number of aryl methyl sites for hydroxylation is 2. The van der Waals surface area contributed by atoms with Crippen molar-refractivity contribution in [2.45, 2.75) is 33.3 Å². The number of hydrogen-bond acceptors (Lipinski definition) is 7. The summed E-state index contributed by atoms with van der Waals surface area (Å²) in [6.45, 7) is 5.20. The van der Waals surface area contributed by atoms with Gasteiger partial charge in [0, 0.05) is 22.5 Å². The molecule has 0 spiro atoms. The second-order valence-corrected chi connectivity index (χ2v) is 6.13. The standard InChI is InChI=1S/C19H20N4O4/c1-11-16(12(2)23-19(22-11)20-10-21-23)9-17(24)27-13(3)18(25)14-5-7-15(26-4)8-6-14/h5-8,10,13H,9H2,1-4H3/t13-/m1/s1. The Kier molecular flexibility index (Phi) is 5.16. The lowest BCUT2D eigenvalue weighted by molar-refractivity contribution is -0.145. The molecule has 0 saturated carbocycles. The molecule has 0 fully saturated rings. The maximum absolute atomic E-state index is 12.5. The molecule has 0 radical (unpaired) electrons. The lowest BCUT2D eigenvalue weighted by Crippen LogP contribution is -2.26. The maximum atomic E-state index is 12.5. The van der Waals surface area contributed by atoms with E-state index in [0.29, 0.717) is 28.3 Å². The van der Waals surface area contributed by atoms with Crippen LogP contribution in [-0.2, 0) is 16.0 Å². The van der Waals surface area contributed by atoms with Crippen molar-refractivity contribution < 1.29 is 19.1 Å². The third-order valence-electron chi connectivity index (χ3n) is 4.36. The molecule has 0 amide bonds. The van der Waals surface area contributed by atoms with Crippen LogP contribution in [0.15, 0.2) is 30.6 Å². The van der Waals surface area contributed by atoms with Crippen LogP contribution < -0.4 is 4.74 Å². The molecule has 0 saturated heterocycles. The van der Waals surface area contributed by atoms with E-state index in [0.717, 1.165) is 5.69 Å². The number of fused-ring (bicyclic) bond motifs is 1. The van der Waals surface area contributed by atoms with Crippen LogP contribution in [0.2, 0.25) is 0 Å². The summed E-state index contributed by atoms with van der Waals surface area (Å²) >= 11 is 0. The zero-order valence-electron chi connectivity index (χ0n) is 15.6. The van der Waals surface area contributed by atoms with Crippen LogP contribution in [0.1, 0.15) is 34.2 Å². The number of carbonyl (C=O) groups is 2. The first-order valence-electron chi connectivity index (χ1n) is 8.44. The fraction of sp³-hybridized carbons (Fsp3) is 0.316. The lowest BCUT2D eigenvalue weighted by Gasteiger charge is -2.14. The first-order chi connectivity index (χ1) is 12.9. The molecule has 3 rings (SSSR count). The molecule has 8 heteroatoms. The Bertz CT molecular complexity index is 995. The van der Waals surface area contributed by atoms with Crippen molar-refractivity contribution in [2.24, 2.45) is 0 Å². The van der Waals surface area contributed by atoms with Gasteiger partial charge in [-0.15, -0.1) is 0 Å². The summed E-state index contributed by atoms with van der Waals surface area (Å²) in [6, 6.07) is 6.66. The molecule has 0 bridgehead atoms. The van der Waals surface area contributed by atoms with Gasteiger partial charge in [0.2, 0.25) is 5.78 Å². The van der Waals surface area contributed by atoms with E-state index in [2.05, 4.69) is 15.1 Å². The minimum absolute atomic E-state index is 0.000694. The highest BCUT2D eigenvalue weighted by atomic mass is 16.5. The summed E-state index contributed by atoms with van der Waals surface area (Å²) in [6.07, 6.45) is 0.516. The van der Waals surface area contributed by atoms with Crippen LogP contribution in [0.3, 0.4) is 0 Å². The maximum Gasteiger partial charge on any atom is 0.311 e. The number of esters is 1. The third-order valence-corrected chi connectivity index (χ3v) is 4.36. The Hall–Kier alpha value is -3.29. The van der Waals surface area contributed by atoms with Crippen molar-refractivity contribution in [1.82, 2.24) is 19.6 Å². The Balaban J connectivity index is 1.70. The van der Waals surface area contributed by atoms with Crippen LogP contribution in [0.4, 0.5) is 0 Å². The quantitative estimate of drug-likeness (QED) is 0.486. The molecule has 3 aromatic rings. The highest BCUT2D eigenvalue weighted by Gasteiger charge is 2.21. The highest BCUT2D eigenvalue weighted by molar-refractivity contribution is 6.00. The summed E-state index contributed by atoms with van der Waals surface area (Å²) in [4.78, 5) is 33.2. The first kappa shape index (κ1) is 18.5. The third kappa shape index (κ3) is 3.79. The summed E-state index contributed by atoms with van der Waals surface area (Å²) < 4.78 is 12.0. The lowest BCUT2D eigenvalue weighted by atomic mass is 10.1. The van der Waals surface area contributed by atoms with E-state index < -0.39 is 12.1 Å². The van der Waals surface area contributed by atoms with Crippen LogP contribution in [-0.4, -0.2) is 44.5 Å². The average Bonchev–Trinajstić information content (AvgIpc) is 3.13. The zero-order valence-corrected chi connectivity index (χ0v) is 15.6. The molecule has 0 unspecified atom stereocenters. The summed E-state index contributed by atoms with van der Waals surface area (Å²) in [5.74, 6) is 0.351. The number of nitrogens with zero attached hydrogens (tertiary/aromatic N) is 4. The van der Waals surface area contributed by atoms with E-state index in [-0.39, 0.29) is 12.2 Å². The summed E-state index contributed by atoms with van der Waals surface area (Å²) in [5, 5.41) is 4.10. The van der Waals surface area contributed by atoms with Crippen LogP contribution in [0, 0.1) is 13.8 Å². The first-order valence-corrected chi connectivity index (χ1v) is 8.44. The molecule has 0 N–H and O–H groups in total. The number of carbonyl (C=O) groups excluding carboxylic acids is 2. The number of rotatable bonds is 6. The van der Waals surface area contributed by atoms with Gasteiger partial charge in [-0.05, 0) is 45.0 Å².